The first-order chi connectivity index (χ1) is 8.69. The number of aromatic hydroxyl groups is 1. The van der Waals surface area contributed by atoms with Gasteiger partial charge in [-0.05, 0) is 25.5 Å². The summed E-state index contributed by atoms with van der Waals surface area (Å²) in [5.41, 5.74) is 2.10. The number of aromatic nitrogens is 2. The van der Waals surface area contributed by atoms with Crippen LogP contribution in [0.25, 0.3) is 0 Å². The molecule has 0 saturated heterocycles. The maximum Gasteiger partial charge on any atom is 0.232 e. The van der Waals surface area contributed by atoms with Crippen molar-refractivity contribution >= 4 is 11.8 Å². The van der Waals surface area contributed by atoms with Crippen LogP contribution in [-0.4, -0.2) is 15.1 Å². The summed E-state index contributed by atoms with van der Waals surface area (Å²) in [6.45, 7) is 4.17. The van der Waals surface area contributed by atoms with E-state index < -0.39 is 0 Å². The minimum absolute atomic E-state index is 0.150. The number of thioether (sulfide) groups is 1. The second-order valence-corrected chi connectivity index (χ2v) is 5.39. The Bertz CT molecular complexity index is 522. The van der Waals surface area contributed by atoms with Gasteiger partial charge in [0, 0.05) is 4.90 Å². The molecule has 4 heteroatoms. The zero-order valence-electron chi connectivity index (χ0n) is 10.7. The van der Waals surface area contributed by atoms with E-state index in [4.69, 9.17) is 0 Å². The van der Waals surface area contributed by atoms with Crippen molar-refractivity contribution in [2.45, 2.75) is 37.3 Å². The Morgan fingerprint density at radius 1 is 1.39 bits per heavy atom. The fourth-order valence-corrected chi connectivity index (χ4v) is 2.69. The molecule has 0 saturated carbocycles. The van der Waals surface area contributed by atoms with Gasteiger partial charge < -0.3 is 10.1 Å². The number of hydrogen-bond donors (Lipinski definition) is 2. The fourth-order valence-electron chi connectivity index (χ4n) is 1.80. The van der Waals surface area contributed by atoms with Crippen molar-refractivity contribution in [1.29, 1.82) is 0 Å². The Morgan fingerprint density at radius 3 is 2.94 bits per heavy atom. The van der Waals surface area contributed by atoms with Crippen molar-refractivity contribution in [3.8, 4) is 5.88 Å². The smallest absolute Gasteiger partial charge is 0.232 e. The van der Waals surface area contributed by atoms with Crippen LogP contribution in [0.15, 0.2) is 29.2 Å². The molecule has 2 rings (SSSR count). The van der Waals surface area contributed by atoms with Crippen LogP contribution >= 0.6 is 11.8 Å². The monoisotopic (exact) mass is 262 g/mol. The van der Waals surface area contributed by atoms with Gasteiger partial charge in [-0.15, -0.1) is 11.8 Å². The number of hydrogen-bond acceptors (Lipinski definition) is 3. The first-order valence-electron chi connectivity index (χ1n) is 6.15. The maximum absolute atomic E-state index is 9.65. The molecule has 3 nitrogen and oxygen atoms in total. The van der Waals surface area contributed by atoms with Crippen LogP contribution in [0.5, 0.6) is 5.88 Å². The molecule has 0 bridgehead atoms. The Morgan fingerprint density at radius 2 is 2.22 bits per heavy atom. The zero-order chi connectivity index (χ0) is 13.0. The number of aromatic amines is 1. The van der Waals surface area contributed by atoms with Gasteiger partial charge in [-0.2, -0.15) is 4.98 Å². The van der Waals surface area contributed by atoms with Crippen LogP contribution in [0.1, 0.15) is 30.4 Å². The lowest BCUT2D eigenvalue weighted by atomic mass is 10.2. The van der Waals surface area contributed by atoms with Crippen LogP contribution in [0, 0.1) is 6.92 Å². The van der Waals surface area contributed by atoms with Gasteiger partial charge in [-0.3, -0.25) is 0 Å². The number of H-pyrrole nitrogens is 1. The standard InChI is InChI=1S/C14H18N2OS/c1-3-5-12-14(17)16-13(15-12)9-18-11-7-4-6-10(2)8-11/h4,6-8,17H,3,5,9H2,1-2H3,(H,15,16). The van der Waals surface area contributed by atoms with Crippen molar-refractivity contribution < 1.29 is 5.11 Å². The van der Waals surface area contributed by atoms with Crippen molar-refractivity contribution in [1.82, 2.24) is 9.97 Å². The van der Waals surface area contributed by atoms with Gasteiger partial charge in [0.2, 0.25) is 5.88 Å². The van der Waals surface area contributed by atoms with Gasteiger partial charge in [-0.1, -0.05) is 31.0 Å². The molecule has 0 aliphatic rings. The molecular formula is C14H18N2OS. The highest BCUT2D eigenvalue weighted by Crippen LogP contribution is 2.24. The second-order valence-electron chi connectivity index (χ2n) is 4.34. The van der Waals surface area contributed by atoms with E-state index in [1.165, 1.54) is 10.5 Å². The molecule has 2 N–H and O–H groups in total. The number of nitrogens with one attached hydrogen (secondary N) is 1. The topological polar surface area (TPSA) is 48.9 Å². The molecule has 18 heavy (non-hydrogen) atoms. The van der Waals surface area contributed by atoms with Crippen LogP contribution < -0.4 is 0 Å². The lowest BCUT2D eigenvalue weighted by Gasteiger charge is -2.00. The van der Waals surface area contributed by atoms with Crippen LogP contribution in [0.3, 0.4) is 0 Å². The average Bonchev–Trinajstić information content (AvgIpc) is 2.69. The number of rotatable bonds is 5. The number of nitrogens with zero attached hydrogens (tertiary/aromatic N) is 1. The number of imidazole rings is 1. The summed E-state index contributed by atoms with van der Waals surface area (Å²) in [6.07, 6.45) is 1.84. The van der Waals surface area contributed by atoms with Crippen molar-refractivity contribution in [2.75, 3.05) is 0 Å². The van der Waals surface area contributed by atoms with Crippen LogP contribution in [0.2, 0.25) is 0 Å². The van der Waals surface area contributed by atoms with E-state index in [1.807, 2.05) is 0 Å². The minimum Gasteiger partial charge on any atom is -0.492 e. The molecule has 0 fully saturated rings. The summed E-state index contributed by atoms with van der Waals surface area (Å²) in [5.74, 6) is 1.74. The van der Waals surface area contributed by atoms with E-state index in [-0.39, 0.29) is 5.88 Å². The fraction of sp³-hybridized carbons (Fsp3) is 0.357. The molecule has 1 heterocycles. The molecule has 0 aliphatic heterocycles. The summed E-state index contributed by atoms with van der Waals surface area (Å²) < 4.78 is 0. The molecular weight excluding hydrogens is 244 g/mol. The third-order valence-corrected chi connectivity index (χ3v) is 3.68. The first kappa shape index (κ1) is 13.0. The summed E-state index contributed by atoms with van der Waals surface area (Å²) in [5, 5.41) is 9.65. The van der Waals surface area contributed by atoms with Crippen molar-refractivity contribution in [3.05, 3.63) is 41.3 Å². The van der Waals surface area contributed by atoms with Crippen LogP contribution in [0.4, 0.5) is 0 Å². The Kier molecular flexibility index (Phi) is 4.31. The number of benzene rings is 1. The summed E-state index contributed by atoms with van der Waals surface area (Å²) in [4.78, 5) is 8.56. The van der Waals surface area contributed by atoms with E-state index in [2.05, 4.69) is 48.1 Å². The molecule has 96 valence electrons. The summed E-state index contributed by atoms with van der Waals surface area (Å²) >= 11 is 1.72. The van der Waals surface area contributed by atoms with Gasteiger partial charge in [0.1, 0.15) is 5.82 Å². The van der Waals surface area contributed by atoms with Gasteiger partial charge in [0.05, 0.1) is 11.4 Å². The quantitative estimate of drug-likeness (QED) is 0.808. The number of aryl methyl sites for hydroxylation is 2. The molecule has 0 spiro atoms. The second kappa shape index (κ2) is 5.96. The molecule has 1 aromatic heterocycles. The Labute approximate surface area is 112 Å². The molecule has 2 aromatic rings. The van der Waals surface area contributed by atoms with Gasteiger partial charge >= 0.3 is 0 Å². The minimum atomic E-state index is 0.150. The molecule has 0 unspecified atom stereocenters. The lowest BCUT2D eigenvalue weighted by molar-refractivity contribution is 0.448. The summed E-state index contributed by atoms with van der Waals surface area (Å²) in [7, 11) is 0. The highest BCUT2D eigenvalue weighted by Gasteiger charge is 2.08. The lowest BCUT2D eigenvalue weighted by Crippen LogP contribution is -1.86. The molecule has 0 atom stereocenters. The predicted molar refractivity (Wildman–Crippen MR) is 75.0 cm³/mol. The predicted octanol–water partition coefficient (Wildman–Crippen LogP) is 3.67. The van der Waals surface area contributed by atoms with E-state index in [1.54, 1.807) is 11.8 Å². The SMILES string of the molecule is CCCc1[nH]c(CSc2cccc(C)c2)nc1O. The van der Waals surface area contributed by atoms with E-state index in [0.717, 1.165) is 30.1 Å². The van der Waals surface area contributed by atoms with Gasteiger partial charge in [0.15, 0.2) is 0 Å². The van der Waals surface area contributed by atoms with Crippen LogP contribution in [-0.2, 0) is 12.2 Å². The molecule has 0 amide bonds. The van der Waals surface area contributed by atoms with E-state index >= 15 is 0 Å². The van der Waals surface area contributed by atoms with Gasteiger partial charge in [-0.25, -0.2) is 0 Å². The van der Waals surface area contributed by atoms with Crippen molar-refractivity contribution in [2.24, 2.45) is 0 Å². The molecule has 0 radical (unpaired) electrons. The third-order valence-electron chi connectivity index (χ3n) is 2.67. The normalized spacial score (nSPS) is 10.8. The zero-order valence-corrected chi connectivity index (χ0v) is 11.5. The molecule has 0 aliphatic carbocycles. The van der Waals surface area contributed by atoms with Gasteiger partial charge in [0.25, 0.3) is 0 Å². The molecule has 1 aromatic carbocycles. The average molecular weight is 262 g/mol. The Hall–Kier alpha value is -1.42. The highest BCUT2D eigenvalue weighted by molar-refractivity contribution is 7.98. The Balaban J connectivity index is 2.00. The highest BCUT2D eigenvalue weighted by atomic mass is 32.2. The van der Waals surface area contributed by atoms with E-state index in [0.29, 0.717) is 0 Å². The largest absolute Gasteiger partial charge is 0.492 e. The maximum atomic E-state index is 9.65. The first-order valence-corrected chi connectivity index (χ1v) is 7.13. The van der Waals surface area contributed by atoms with E-state index in [9.17, 15) is 5.11 Å². The third kappa shape index (κ3) is 3.29. The summed E-state index contributed by atoms with van der Waals surface area (Å²) in [6, 6.07) is 8.38. The van der Waals surface area contributed by atoms with Crippen molar-refractivity contribution in [3.63, 3.8) is 0 Å².